The molecule has 0 radical (unpaired) electrons. The molecule has 29 heavy (non-hydrogen) atoms. The molecule has 7 nitrogen and oxygen atoms in total. The lowest BCUT2D eigenvalue weighted by Gasteiger charge is -2.21. The minimum absolute atomic E-state index is 0.227. The maximum atomic E-state index is 12.6. The third-order valence-corrected chi connectivity index (χ3v) is 5.81. The first-order valence-electron chi connectivity index (χ1n) is 10.2. The summed E-state index contributed by atoms with van der Waals surface area (Å²) in [7, 11) is 0. The molecule has 1 saturated carbocycles. The van der Waals surface area contributed by atoms with Gasteiger partial charge in [-0.3, -0.25) is 19.3 Å². The number of nitrogens with one attached hydrogen (secondary N) is 1. The van der Waals surface area contributed by atoms with Crippen LogP contribution < -0.4 is 5.32 Å². The average Bonchev–Trinajstić information content (AvgIpc) is 2.96. The molecule has 3 atom stereocenters. The molecular weight excluding hydrogens is 372 g/mol. The van der Waals surface area contributed by atoms with E-state index in [1.165, 1.54) is 6.92 Å². The Balaban J connectivity index is 1.57. The molecule has 1 aromatic rings. The van der Waals surface area contributed by atoms with Crippen molar-refractivity contribution in [3.63, 3.8) is 0 Å². The number of fused-ring (bicyclic) bond motifs is 1. The van der Waals surface area contributed by atoms with Crippen LogP contribution in [0.1, 0.15) is 57.9 Å². The number of anilines is 1. The van der Waals surface area contributed by atoms with E-state index >= 15 is 0 Å². The van der Waals surface area contributed by atoms with Crippen LogP contribution in [0, 0.1) is 11.8 Å². The smallest absolute Gasteiger partial charge is 0.329 e. The van der Waals surface area contributed by atoms with Crippen LogP contribution in [0.4, 0.5) is 5.69 Å². The molecule has 2 aliphatic rings. The van der Waals surface area contributed by atoms with Gasteiger partial charge < -0.3 is 10.1 Å². The number of benzene rings is 1. The van der Waals surface area contributed by atoms with Crippen molar-refractivity contribution < 1.29 is 23.9 Å². The summed E-state index contributed by atoms with van der Waals surface area (Å²) in [6.45, 7) is 5.04. The minimum atomic E-state index is -1.03. The first-order chi connectivity index (χ1) is 13.8. The highest BCUT2D eigenvalue weighted by atomic mass is 16.5. The maximum Gasteiger partial charge on any atom is 0.329 e. The van der Waals surface area contributed by atoms with Crippen molar-refractivity contribution in [1.82, 2.24) is 4.90 Å². The van der Waals surface area contributed by atoms with Crippen molar-refractivity contribution in [2.24, 2.45) is 11.8 Å². The van der Waals surface area contributed by atoms with Gasteiger partial charge in [-0.25, -0.2) is 4.79 Å². The number of esters is 1. The van der Waals surface area contributed by atoms with Crippen LogP contribution in [0.5, 0.6) is 0 Å². The van der Waals surface area contributed by atoms with Crippen LogP contribution in [0.3, 0.4) is 0 Å². The molecule has 156 valence electrons. The quantitative estimate of drug-likeness (QED) is 0.585. The minimum Gasteiger partial charge on any atom is -0.454 e. The Kier molecular flexibility index (Phi) is 6.35. The van der Waals surface area contributed by atoms with Gasteiger partial charge in [0.1, 0.15) is 6.04 Å². The summed E-state index contributed by atoms with van der Waals surface area (Å²) in [4.78, 5) is 50.9. The number of imide groups is 1. The number of rotatable bonds is 6. The summed E-state index contributed by atoms with van der Waals surface area (Å²) in [5.74, 6) is -2.21. The van der Waals surface area contributed by atoms with Crippen LogP contribution in [-0.2, 0) is 23.9 Å². The fourth-order valence-corrected chi connectivity index (χ4v) is 4.23. The van der Waals surface area contributed by atoms with Gasteiger partial charge in [-0.2, -0.15) is 0 Å². The molecule has 7 heteroatoms. The van der Waals surface area contributed by atoms with Crippen LogP contribution in [0.25, 0.3) is 0 Å². The molecule has 0 unspecified atom stereocenters. The lowest BCUT2D eigenvalue weighted by atomic mass is 9.81. The average molecular weight is 400 g/mol. The number of nitrogens with zero attached hydrogens (tertiary/aromatic N) is 1. The normalized spacial score (nSPS) is 22.4. The largest absolute Gasteiger partial charge is 0.454 e. The SMILES string of the molecule is CC(C)c1ccccc1NC(=O)COC(=O)[C@H](C)N1C(=O)[C@H]2CCCC[C@@H]2C1=O. The zero-order valence-electron chi connectivity index (χ0n) is 17.1. The fraction of sp³-hybridized carbons (Fsp3) is 0.545. The number of ether oxygens (including phenoxy) is 1. The third kappa shape index (κ3) is 4.33. The summed E-state index contributed by atoms with van der Waals surface area (Å²) >= 11 is 0. The summed E-state index contributed by atoms with van der Waals surface area (Å²) < 4.78 is 5.10. The number of hydrogen-bond donors (Lipinski definition) is 1. The number of carbonyl (C=O) groups excluding carboxylic acids is 4. The molecule has 1 aliphatic heterocycles. The van der Waals surface area contributed by atoms with E-state index in [2.05, 4.69) is 5.32 Å². The van der Waals surface area contributed by atoms with E-state index in [4.69, 9.17) is 4.74 Å². The fourth-order valence-electron chi connectivity index (χ4n) is 4.23. The van der Waals surface area contributed by atoms with Crippen LogP contribution >= 0.6 is 0 Å². The number of likely N-dealkylation sites (tertiary alicyclic amines) is 1. The van der Waals surface area contributed by atoms with Gasteiger partial charge in [0.2, 0.25) is 11.8 Å². The third-order valence-electron chi connectivity index (χ3n) is 5.81. The lowest BCUT2D eigenvalue weighted by Crippen LogP contribution is -2.45. The van der Waals surface area contributed by atoms with Crippen molar-refractivity contribution in [2.75, 3.05) is 11.9 Å². The highest BCUT2D eigenvalue weighted by Gasteiger charge is 2.51. The zero-order chi connectivity index (χ0) is 21.1. The standard InChI is InChI=1S/C22H28N2O5/c1-13(2)15-8-6-7-11-18(15)23-19(25)12-29-22(28)14(3)24-20(26)16-9-4-5-10-17(16)21(24)27/h6-8,11,13-14,16-17H,4-5,9-10,12H2,1-3H3,(H,23,25)/t14-,16-,17-/m0/s1. The van der Waals surface area contributed by atoms with Crippen LogP contribution in [-0.4, -0.2) is 41.2 Å². The van der Waals surface area contributed by atoms with E-state index in [-0.39, 0.29) is 29.6 Å². The molecule has 1 N–H and O–H groups in total. The first-order valence-corrected chi connectivity index (χ1v) is 10.2. The lowest BCUT2D eigenvalue weighted by molar-refractivity contribution is -0.159. The van der Waals surface area contributed by atoms with E-state index in [1.807, 2.05) is 32.0 Å². The first kappa shape index (κ1) is 21.0. The molecule has 1 heterocycles. The molecular formula is C22H28N2O5. The van der Waals surface area contributed by atoms with E-state index in [0.29, 0.717) is 18.5 Å². The molecule has 1 aromatic carbocycles. The second-order valence-corrected chi connectivity index (χ2v) is 8.12. The Morgan fingerprint density at radius 3 is 2.24 bits per heavy atom. The predicted molar refractivity (Wildman–Crippen MR) is 107 cm³/mol. The Labute approximate surface area is 170 Å². The molecule has 1 aliphatic carbocycles. The Bertz CT molecular complexity index is 795. The summed E-state index contributed by atoms with van der Waals surface area (Å²) in [6.07, 6.45) is 3.21. The van der Waals surface area contributed by atoms with E-state index in [9.17, 15) is 19.2 Å². The van der Waals surface area contributed by atoms with Crippen molar-refractivity contribution in [3.8, 4) is 0 Å². The molecule has 0 spiro atoms. The van der Waals surface area contributed by atoms with E-state index < -0.39 is 24.5 Å². The van der Waals surface area contributed by atoms with Gasteiger partial charge in [0.25, 0.3) is 5.91 Å². The Hall–Kier alpha value is -2.70. The summed E-state index contributed by atoms with van der Waals surface area (Å²) in [5.41, 5.74) is 1.65. The van der Waals surface area contributed by atoms with Crippen molar-refractivity contribution in [1.29, 1.82) is 0 Å². The monoisotopic (exact) mass is 400 g/mol. The van der Waals surface area contributed by atoms with Gasteiger partial charge in [-0.15, -0.1) is 0 Å². The topological polar surface area (TPSA) is 92.8 Å². The zero-order valence-corrected chi connectivity index (χ0v) is 17.1. The second kappa shape index (κ2) is 8.76. The van der Waals surface area contributed by atoms with Crippen molar-refractivity contribution in [2.45, 2.75) is 58.4 Å². The maximum absolute atomic E-state index is 12.6. The Morgan fingerprint density at radius 1 is 1.07 bits per heavy atom. The number of amides is 3. The molecule has 3 rings (SSSR count). The number of carbonyl (C=O) groups is 4. The highest BCUT2D eigenvalue weighted by Crippen LogP contribution is 2.38. The van der Waals surface area contributed by atoms with Crippen LogP contribution in [0.15, 0.2) is 24.3 Å². The van der Waals surface area contributed by atoms with Gasteiger partial charge >= 0.3 is 5.97 Å². The highest BCUT2D eigenvalue weighted by molar-refractivity contribution is 6.08. The summed E-state index contributed by atoms with van der Waals surface area (Å²) in [6, 6.07) is 6.41. The molecule has 3 amide bonds. The predicted octanol–water partition coefficient (Wildman–Crippen LogP) is 2.86. The van der Waals surface area contributed by atoms with E-state index in [1.54, 1.807) is 6.07 Å². The second-order valence-electron chi connectivity index (χ2n) is 8.12. The number of para-hydroxylation sites is 1. The van der Waals surface area contributed by atoms with Gasteiger partial charge in [-0.05, 0) is 37.3 Å². The van der Waals surface area contributed by atoms with Gasteiger partial charge in [0.15, 0.2) is 6.61 Å². The van der Waals surface area contributed by atoms with Gasteiger partial charge in [-0.1, -0.05) is 44.9 Å². The number of hydrogen-bond acceptors (Lipinski definition) is 5. The summed E-state index contributed by atoms with van der Waals surface area (Å²) in [5, 5.41) is 2.75. The Morgan fingerprint density at radius 2 is 1.66 bits per heavy atom. The van der Waals surface area contributed by atoms with Crippen molar-refractivity contribution >= 4 is 29.4 Å². The van der Waals surface area contributed by atoms with Gasteiger partial charge in [0, 0.05) is 5.69 Å². The van der Waals surface area contributed by atoms with Crippen molar-refractivity contribution in [3.05, 3.63) is 29.8 Å². The molecule has 0 bridgehead atoms. The molecule has 2 fully saturated rings. The molecule has 1 saturated heterocycles. The van der Waals surface area contributed by atoms with E-state index in [0.717, 1.165) is 23.3 Å². The molecule has 0 aromatic heterocycles. The van der Waals surface area contributed by atoms with Gasteiger partial charge in [0.05, 0.1) is 11.8 Å². The van der Waals surface area contributed by atoms with Crippen LogP contribution in [0.2, 0.25) is 0 Å².